The fourth-order valence-electron chi connectivity index (χ4n) is 1.92. The monoisotopic (exact) mass is 260 g/mol. The Labute approximate surface area is 111 Å². The lowest BCUT2D eigenvalue weighted by Crippen LogP contribution is -1.95. The summed E-state index contributed by atoms with van der Waals surface area (Å²) in [6.45, 7) is 4.16. The third kappa shape index (κ3) is 2.59. The van der Waals surface area contributed by atoms with Crippen LogP contribution in [0.25, 0.3) is 11.3 Å². The average molecular weight is 260 g/mol. The first-order valence-electron chi connectivity index (χ1n) is 6.00. The first-order chi connectivity index (χ1) is 9.02. The Morgan fingerprint density at radius 1 is 1.37 bits per heavy atom. The summed E-state index contributed by atoms with van der Waals surface area (Å²) in [6, 6.07) is 7.24. The van der Waals surface area contributed by atoms with Crippen LogP contribution in [0.2, 0.25) is 0 Å². The first kappa shape index (κ1) is 13.1. The lowest BCUT2D eigenvalue weighted by molar-refractivity contribution is 0.0690. The smallest absolute Gasteiger partial charge is 0.353 e. The predicted molar refractivity (Wildman–Crippen MR) is 71.6 cm³/mol. The molecule has 0 bridgehead atoms. The molecule has 0 radical (unpaired) electrons. The Balaban J connectivity index is 2.44. The molecular weight excluding hydrogens is 244 g/mol. The van der Waals surface area contributed by atoms with Gasteiger partial charge in [0.05, 0.1) is 12.8 Å². The van der Waals surface area contributed by atoms with Crippen molar-refractivity contribution in [2.24, 2.45) is 0 Å². The summed E-state index contributed by atoms with van der Waals surface area (Å²) in [6.07, 6.45) is 0. The SMILES string of the molecule is COc1ccc(-c2cc(C(=O)O)[nH]n2)cc1C(C)C. The van der Waals surface area contributed by atoms with E-state index in [4.69, 9.17) is 9.84 Å². The number of nitrogens with zero attached hydrogens (tertiary/aromatic N) is 1. The van der Waals surface area contributed by atoms with Crippen LogP contribution in [0, 0.1) is 0 Å². The van der Waals surface area contributed by atoms with Gasteiger partial charge in [-0.05, 0) is 35.7 Å². The summed E-state index contributed by atoms with van der Waals surface area (Å²) in [5, 5.41) is 15.4. The second-order valence-electron chi connectivity index (χ2n) is 4.58. The van der Waals surface area contributed by atoms with Crippen molar-refractivity contribution in [3.8, 4) is 17.0 Å². The van der Waals surface area contributed by atoms with Crippen LogP contribution in [0.15, 0.2) is 24.3 Å². The number of hydrogen-bond donors (Lipinski definition) is 2. The number of benzene rings is 1. The number of hydrogen-bond acceptors (Lipinski definition) is 3. The molecular formula is C14H16N2O3. The second-order valence-corrected chi connectivity index (χ2v) is 4.58. The summed E-state index contributed by atoms with van der Waals surface area (Å²) in [4.78, 5) is 10.8. The van der Waals surface area contributed by atoms with Gasteiger partial charge in [-0.3, -0.25) is 5.10 Å². The fourth-order valence-corrected chi connectivity index (χ4v) is 1.92. The molecule has 0 aliphatic carbocycles. The van der Waals surface area contributed by atoms with Crippen molar-refractivity contribution in [1.29, 1.82) is 0 Å². The van der Waals surface area contributed by atoms with Crippen molar-refractivity contribution >= 4 is 5.97 Å². The van der Waals surface area contributed by atoms with E-state index in [1.165, 1.54) is 6.07 Å². The van der Waals surface area contributed by atoms with Crippen molar-refractivity contribution in [2.45, 2.75) is 19.8 Å². The van der Waals surface area contributed by atoms with Crippen LogP contribution >= 0.6 is 0 Å². The summed E-state index contributed by atoms with van der Waals surface area (Å²) in [5.41, 5.74) is 2.63. The van der Waals surface area contributed by atoms with Crippen LogP contribution in [-0.4, -0.2) is 28.4 Å². The molecule has 0 fully saturated rings. The zero-order chi connectivity index (χ0) is 14.0. The molecule has 0 spiro atoms. The molecule has 0 saturated heterocycles. The van der Waals surface area contributed by atoms with E-state index < -0.39 is 5.97 Å². The molecule has 1 heterocycles. The van der Waals surface area contributed by atoms with E-state index in [1.807, 2.05) is 18.2 Å². The number of H-pyrrole nitrogens is 1. The number of ether oxygens (including phenoxy) is 1. The topological polar surface area (TPSA) is 75.2 Å². The van der Waals surface area contributed by atoms with Crippen molar-refractivity contribution in [3.05, 3.63) is 35.5 Å². The standard InChI is InChI=1S/C14H16N2O3/c1-8(2)10-6-9(4-5-13(10)19-3)11-7-12(14(17)18)16-15-11/h4-8H,1-3H3,(H,15,16)(H,17,18). The molecule has 0 atom stereocenters. The maximum Gasteiger partial charge on any atom is 0.353 e. The molecule has 2 N–H and O–H groups in total. The zero-order valence-corrected chi connectivity index (χ0v) is 11.1. The van der Waals surface area contributed by atoms with Gasteiger partial charge in [0.2, 0.25) is 0 Å². The molecule has 0 unspecified atom stereocenters. The lowest BCUT2D eigenvalue weighted by atomic mass is 9.98. The number of carboxylic acid groups (broad SMARTS) is 1. The molecule has 5 nitrogen and oxygen atoms in total. The number of nitrogens with one attached hydrogen (secondary N) is 1. The molecule has 0 aliphatic heterocycles. The molecule has 0 aliphatic rings. The normalized spacial score (nSPS) is 10.7. The highest BCUT2D eigenvalue weighted by atomic mass is 16.5. The van der Waals surface area contributed by atoms with Gasteiger partial charge in [0.15, 0.2) is 0 Å². The maximum atomic E-state index is 10.8. The molecule has 0 amide bonds. The van der Waals surface area contributed by atoms with Gasteiger partial charge in [0.25, 0.3) is 0 Å². The van der Waals surface area contributed by atoms with Crippen molar-refractivity contribution in [1.82, 2.24) is 10.2 Å². The van der Waals surface area contributed by atoms with Gasteiger partial charge >= 0.3 is 5.97 Å². The molecule has 100 valence electrons. The summed E-state index contributed by atoms with van der Waals surface area (Å²) >= 11 is 0. The molecule has 2 aromatic rings. The van der Waals surface area contributed by atoms with Gasteiger partial charge in [0.1, 0.15) is 11.4 Å². The van der Waals surface area contributed by atoms with Gasteiger partial charge in [0, 0.05) is 5.56 Å². The van der Waals surface area contributed by atoms with E-state index in [2.05, 4.69) is 24.0 Å². The minimum atomic E-state index is -1.02. The van der Waals surface area contributed by atoms with Crippen molar-refractivity contribution < 1.29 is 14.6 Å². The predicted octanol–water partition coefficient (Wildman–Crippen LogP) is 2.91. The van der Waals surface area contributed by atoms with Gasteiger partial charge in [-0.2, -0.15) is 5.10 Å². The van der Waals surface area contributed by atoms with E-state index in [-0.39, 0.29) is 5.69 Å². The van der Waals surface area contributed by atoms with Crippen LogP contribution in [-0.2, 0) is 0 Å². The lowest BCUT2D eigenvalue weighted by Gasteiger charge is -2.12. The minimum Gasteiger partial charge on any atom is -0.496 e. The zero-order valence-electron chi connectivity index (χ0n) is 11.1. The number of carbonyl (C=O) groups is 1. The Morgan fingerprint density at radius 2 is 2.11 bits per heavy atom. The quantitative estimate of drug-likeness (QED) is 0.886. The molecule has 1 aromatic heterocycles. The van der Waals surface area contributed by atoms with E-state index in [0.717, 1.165) is 16.9 Å². The molecule has 5 heteroatoms. The van der Waals surface area contributed by atoms with Gasteiger partial charge in [-0.15, -0.1) is 0 Å². The van der Waals surface area contributed by atoms with Crippen LogP contribution < -0.4 is 4.74 Å². The highest BCUT2D eigenvalue weighted by Crippen LogP contribution is 2.30. The van der Waals surface area contributed by atoms with Gasteiger partial charge in [-0.25, -0.2) is 4.79 Å². The number of aromatic nitrogens is 2. The second kappa shape index (κ2) is 5.14. The number of carboxylic acids is 1. The Bertz CT molecular complexity index is 602. The Hall–Kier alpha value is -2.30. The highest BCUT2D eigenvalue weighted by molar-refractivity contribution is 5.86. The molecule has 1 aromatic carbocycles. The van der Waals surface area contributed by atoms with Crippen LogP contribution in [0.1, 0.15) is 35.8 Å². The summed E-state index contributed by atoms with van der Waals surface area (Å²) < 4.78 is 5.32. The molecule has 0 saturated carbocycles. The van der Waals surface area contributed by atoms with Crippen LogP contribution in [0.5, 0.6) is 5.75 Å². The van der Waals surface area contributed by atoms with E-state index in [1.54, 1.807) is 7.11 Å². The van der Waals surface area contributed by atoms with Crippen LogP contribution in [0.4, 0.5) is 0 Å². The Morgan fingerprint density at radius 3 is 2.63 bits per heavy atom. The minimum absolute atomic E-state index is 0.0805. The van der Waals surface area contributed by atoms with Crippen molar-refractivity contribution in [3.63, 3.8) is 0 Å². The maximum absolute atomic E-state index is 10.8. The van der Waals surface area contributed by atoms with Crippen molar-refractivity contribution in [2.75, 3.05) is 7.11 Å². The largest absolute Gasteiger partial charge is 0.496 e. The summed E-state index contributed by atoms with van der Waals surface area (Å²) in [5.74, 6) is 0.122. The fraction of sp³-hybridized carbons (Fsp3) is 0.286. The first-order valence-corrected chi connectivity index (χ1v) is 6.00. The third-order valence-electron chi connectivity index (χ3n) is 2.96. The van der Waals surface area contributed by atoms with E-state index in [0.29, 0.717) is 11.6 Å². The number of aromatic carboxylic acids is 1. The molecule has 2 rings (SSSR count). The number of methoxy groups -OCH3 is 1. The Kier molecular flexibility index (Phi) is 3.55. The average Bonchev–Trinajstić information content (AvgIpc) is 2.87. The highest BCUT2D eigenvalue weighted by Gasteiger charge is 2.13. The van der Waals surface area contributed by atoms with E-state index >= 15 is 0 Å². The number of rotatable bonds is 4. The van der Waals surface area contributed by atoms with Crippen LogP contribution in [0.3, 0.4) is 0 Å². The number of aromatic amines is 1. The summed E-state index contributed by atoms with van der Waals surface area (Å²) in [7, 11) is 1.64. The molecule has 19 heavy (non-hydrogen) atoms. The van der Waals surface area contributed by atoms with Gasteiger partial charge < -0.3 is 9.84 Å². The third-order valence-corrected chi connectivity index (χ3v) is 2.96. The van der Waals surface area contributed by atoms with E-state index in [9.17, 15) is 4.79 Å². The van der Waals surface area contributed by atoms with Gasteiger partial charge in [-0.1, -0.05) is 13.8 Å².